The highest BCUT2D eigenvalue weighted by Gasteiger charge is 2.53. The smallest absolute Gasteiger partial charge is 0.274 e. The Kier molecular flexibility index (Phi) is 3.37. The summed E-state index contributed by atoms with van der Waals surface area (Å²) in [4.78, 5) is 26.9. The van der Waals surface area contributed by atoms with Crippen molar-refractivity contribution in [3.05, 3.63) is 74.5 Å². The molecule has 0 fully saturated rings. The van der Waals surface area contributed by atoms with Crippen LogP contribution in [0.2, 0.25) is 0 Å². The van der Waals surface area contributed by atoms with E-state index in [2.05, 4.69) is 15.9 Å². The molecule has 4 nitrogen and oxygen atoms in total. The molecule has 0 N–H and O–H groups in total. The number of hydrogen-bond donors (Lipinski definition) is 0. The summed E-state index contributed by atoms with van der Waals surface area (Å²) in [5, 5.41) is 0.684. The summed E-state index contributed by atoms with van der Waals surface area (Å²) in [7, 11) is 3.10. The number of hydrogen-bond acceptors (Lipinski definition) is 2. The van der Waals surface area contributed by atoms with Crippen LogP contribution in [0.15, 0.2) is 57.8 Å². The molecular weight excluding hydrogens is 387 g/mol. The van der Waals surface area contributed by atoms with Crippen molar-refractivity contribution in [1.82, 2.24) is 4.57 Å². The molecule has 6 heteroatoms. The molecule has 0 spiro atoms. The largest absolute Gasteiger partial charge is 0.312 e. The Bertz CT molecular complexity index is 1110. The number of rotatable bonds is 1. The predicted octanol–water partition coefficient (Wildman–Crippen LogP) is 3.49. The number of anilines is 1. The average Bonchev–Trinajstić information content (AvgIpc) is 2.81. The Morgan fingerprint density at radius 1 is 1.00 bits per heavy atom. The van der Waals surface area contributed by atoms with Gasteiger partial charge in [-0.05, 0) is 35.7 Å². The third-order valence-electron chi connectivity index (χ3n) is 4.79. The Labute approximate surface area is 151 Å². The molecule has 0 radical (unpaired) electrons. The van der Waals surface area contributed by atoms with Gasteiger partial charge in [0.05, 0.1) is 16.8 Å². The normalized spacial score (nSPS) is 19.5. The number of aromatic nitrogens is 1. The lowest BCUT2D eigenvalue weighted by Gasteiger charge is -2.20. The van der Waals surface area contributed by atoms with E-state index >= 15 is 4.39 Å². The van der Waals surface area contributed by atoms with Crippen molar-refractivity contribution in [3.8, 4) is 0 Å². The van der Waals surface area contributed by atoms with Gasteiger partial charge in [-0.3, -0.25) is 9.59 Å². The van der Waals surface area contributed by atoms with Gasteiger partial charge in [-0.2, -0.15) is 0 Å². The molecule has 126 valence electrons. The van der Waals surface area contributed by atoms with Crippen LogP contribution in [-0.2, 0) is 17.5 Å². The van der Waals surface area contributed by atoms with Gasteiger partial charge in [0.15, 0.2) is 0 Å². The maximum atomic E-state index is 16.1. The quantitative estimate of drug-likeness (QED) is 0.627. The van der Waals surface area contributed by atoms with Crippen molar-refractivity contribution < 1.29 is 9.18 Å². The molecule has 1 atom stereocenters. The first kappa shape index (κ1) is 16.0. The van der Waals surface area contributed by atoms with Crippen molar-refractivity contribution in [2.45, 2.75) is 5.67 Å². The molecule has 4 rings (SSSR count). The van der Waals surface area contributed by atoms with E-state index in [1.54, 1.807) is 43.4 Å². The third-order valence-corrected chi connectivity index (χ3v) is 5.29. The summed E-state index contributed by atoms with van der Waals surface area (Å²) in [6.07, 6.45) is 0. The van der Waals surface area contributed by atoms with E-state index in [9.17, 15) is 9.59 Å². The van der Waals surface area contributed by atoms with Gasteiger partial charge in [-0.25, -0.2) is 4.39 Å². The van der Waals surface area contributed by atoms with Crippen LogP contribution < -0.4 is 10.5 Å². The lowest BCUT2D eigenvalue weighted by Crippen LogP contribution is -2.41. The molecule has 1 amide bonds. The number of para-hydroxylation sites is 1. The number of alkyl halides is 1. The first-order chi connectivity index (χ1) is 11.9. The summed E-state index contributed by atoms with van der Waals surface area (Å²) in [5.74, 6) is -0.750. The number of fused-ring (bicyclic) bond motifs is 2. The molecule has 1 aromatic heterocycles. The lowest BCUT2D eigenvalue weighted by molar-refractivity contribution is -0.126. The van der Waals surface area contributed by atoms with Crippen molar-refractivity contribution in [1.29, 1.82) is 0 Å². The van der Waals surface area contributed by atoms with E-state index in [4.69, 9.17) is 0 Å². The summed E-state index contributed by atoms with van der Waals surface area (Å²) in [6.45, 7) is 0. The topological polar surface area (TPSA) is 42.3 Å². The summed E-state index contributed by atoms with van der Waals surface area (Å²) in [6, 6.07) is 13.5. The van der Waals surface area contributed by atoms with Crippen LogP contribution >= 0.6 is 15.9 Å². The maximum absolute atomic E-state index is 16.1. The standard InChI is InChI=1S/C19H14BrFN2O2/c1-22-15-8-7-12(20)9-11(15)10-14(17(22)24)19(21)13-5-3-4-6-16(13)23(2)18(19)25/h3-10H,1-2H3. The summed E-state index contributed by atoms with van der Waals surface area (Å²) >= 11 is 3.39. The summed E-state index contributed by atoms with van der Waals surface area (Å²) < 4.78 is 18.3. The number of benzene rings is 2. The second kappa shape index (κ2) is 5.26. The Morgan fingerprint density at radius 2 is 1.72 bits per heavy atom. The second-order valence-electron chi connectivity index (χ2n) is 6.17. The maximum Gasteiger partial charge on any atom is 0.274 e. The van der Waals surface area contributed by atoms with Crippen LogP contribution in [0, 0.1) is 0 Å². The minimum absolute atomic E-state index is 0.164. The molecular formula is C19H14BrFN2O2. The van der Waals surface area contributed by atoms with Gasteiger partial charge < -0.3 is 9.47 Å². The zero-order chi connectivity index (χ0) is 17.9. The third kappa shape index (κ3) is 2.03. The first-order valence-electron chi connectivity index (χ1n) is 7.72. The summed E-state index contributed by atoms with van der Waals surface area (Å²) in [5.41, 5.74) is -1.82. The van der Waals surface area contributed by atoms with Crippen molar-refractivity contribution in [2.24, 2.45) is 7.05 Å². The molecule has 0 saturated carbocycles. The van der Waals surface area contributed by atoms with Gasteiger partial charge in [0.2, 0.25) is 5.67 Å². The van der Waals surface area contributed by atoms with E-state index in [0.29, 0.717) is 16.6 Å². The number of amides is 1. The van der Waals surface area contributed by atoms with E-state index in [1.165, 1.54) is 22.6 Å². The molecule has 1 unspecified atom stereocenters. The van der Waals surface area contributed by atoms with Gasteiger partial charge in [-0.15, -0.1) is 0 Å². The highest BCUT2D eigenvalue weighted by Crippen LogP contribution is 2.45. The number of likely N-dealkylation sites (N-methyl/N-ethyl adjacent to an activating group) is 1. The number of carbonyl (C=O) groups excluding carboxylic acids is 1. The van der Waals surface area contributed by atoms with E-state index < -0.39 is 17.1 Å². The van der Waals surface area contributed by atoms with E-state index in [1.807, 2.05) is 6.07 Å². The van der Waals surface area contributed by atoms with Crippen LogP contribution in [0.25, 0.3) is 10.9 Å². The zero-order valence-electron chi connectivity index (χ0n) is 13.6. The molecule has 1 aliphatic rings. The van der Waals surface area contributed by atoms with Gasteiger partial charge >= 0.3 is 0 Å². The number of halogens is 2. The number of carbonyl (C=O) groups is 1. The molecule has 0 saturated heterocycles. The zero-order valence-corrected chi connectivity index (χ0v) is 15.2. The molecule has 25 heavy (non-hydrogen) atoms. The van der Waals surface area contributed by atoms with Gasteiger partial charge in [0.25, 0.3) is 11.5 Å². The van der Waals surface area contributed by atoms with Crippen LogP contribution in [0.4, 0.5) is 10.1 Å². The molecule has 0 bridgehead atoms. The van der Waals surface area contributed by atoms with Gasteiger partial charge in [0, 0.05) is 24.1 Å². The Morgan fingerprint density at radius 3 is 2.48 bits per heavy atom. The second-order valence-corrected chi connectivity index (χ2v) is 7.08. The molecule has 1 aliphatic heterocycles. The fraction of sp³-hybridized carbons (Fsp3) is 0.158. The fourth-order valence-electron chi connectivity index (χ4n) is 3.47. The Hall–Kier alpha value is -2.47. The average molecular weight is 401 g/mol. The molecule has 2 heterocycles. The molecule has 0 aliphatic carbocycles. The monoisotopic (exact) mass is 400 g/mol. The van der Waals surface area contributed by atoms with Crippen LogP contribution in [0.5, 0.6) is 0 Å². The van der Waals surface area contributed by atoms with Gasteiger partial charge in [0.1, 0.15) is 0 Å². The highest BCUT2D eigenvalue weighted by molar-refractivity contribution is 9.10. The van der Waals surface area contributed by atoms with E-state index in [0.717, 1.165) is 4.47 Å². The Balaban J connectivity index is 2.10. The van der Waals surface area contributed by atoms with Crippen LogP contribution in [-0.4, -0.2) is 17.5 Å². The predicted molar refractivity (Wildman–Crippen MR) is 98.6 cm³/mol. The SMILES string of the molecule is CN1C(=O)C(F)(c2cc3cc(Br)ccc3n(C)c2=O)c2ccccc21. The van der Waals surface area contributed by atoms with Crippen LogP contribution in [0.1, 0.15) is 11.1 Å². The fourth-order valence-corrected chi connectivity index (χ4v) is 3.85. The van der Waals surface area contributed by atoms with Crippen molar-refractivity contribution in [2.75, 3.05) is 11.9 Å². The number of nitrogens with zero attached hydrogens (tertiary/aromatic N) is 2. The van der Waals surface area contributed by atoms with Crippen LogP contribution in [0.3, 0.4) is 0 Å². The molecule has 3 aromatic rings. The minimum atomic E-state index is -2.49. The minimum Gasteiger partial charge on any atom is -0.312 e. The number of aryl methyl sites for hydroxylation is 1. The van der Waals surface area contributed by atoms with Crippen molar-refractivity contribution in [3.63, 3.8) is 0 Å². The first-order valence-corrected chi connectivity index (χ1v) is 8.51. The number of pyridine rings is 1. The lowest BCUT2D eigenvalue weighted by atomic mass is 9.89. The molecule has 2 aromatic carbocycles. The van der Waals surface area contributed by atoms with E-state index in [-0.39, 0.29) is 11.1 Å². The highest BCUT2D eigenvalue weighted by atomic mass is 79.9. The van der Waals surface area contributed by atoms with Crippen molar-refractivity contribution >= 4 is 38.4 Å². The van der Waals surface area contributed by atoms with Gasteiger partial charge in [-0.1, -0.05) is 34.1 Å².